The number of anilines is 1. The maximum Gasteiger partial charge on any atom is 0.237 e. The van der Waals surface area contributed by atoms with Crippen molar-refractivity contribution in [1.29, 1.82) is 0 Å². The van der Waals surface area contributed by atoms with E-state index in [1.807, 2.05) is 0 Å². The van der Waals surface area contributed by atoms with Crippen LogP contribution in [0.5, 0.6) is 0 Å². The molecule has 1 aliphatic rings. The molecule has 2 rings (SSSR count). The second-order valence-corrected chi connectivity index (χ2v) is 4.50. The minimum atomic E-state index is -0.460. The molecule has 1 aromatic carbocycles. The van der Waals surface area contributed by atoms with Crippen LogP contribution in [0.3, 0.4) is 0 Å². The molecule has 0 bridgehead atoms. The number of halogens is 1. The molecule has 0 aliphatic carbocycles. The van der Waals surface area contributed by atoms with Gasteiger partial charge in [0.2, 0.25) is 11.8 Å². The van der Waals surface area contributed by atoms with Crippen LogP contribution >= 0.6 is 11.6 Å². The van der Waals surface area contributed by atoms with Gasteiger partial charge in [0.1, 0.15) is 0 Å². The monoisotopic (exact) mass is 267 g/mol. The van der Waals surface area contributed by atoms with Crippen molar-refractivity contribution in [1.82, 2.24) is 10.6 Å². The van der Waals surface area contributed by atoms with Crippen LogP contribution in [-0.4, -0.2) is 30.9 Å². The highest BCUT2D eigenvalue weighted by Crippen LogP contribution is 2.15. The Morgan fingerprint density at radius 2 is 2.28 bits per heavy atom. The molecule has 0 aromatic heterocycles. The molecule has 3 N–H and O–H groups in total. The van der Waals surface area contributed by atoms with E-state index in [-0.39, 0.29) is 18.2 Å². The van der Waals surface area contributed by atoms with E-state index in [9.17, 15) is 9.59 Å². The van der Waals surface area contributed by atoms with E-state index in [1.165, 1.54) is 0 Å². The molecule has 18 heavy (non-hydrogen) atoms. The molecule has 6 heteroatoms. The molecule has 0 saturated carbocycles. The predicted octanol–water partition coefficient (Wildman–Crippen LogP) is 0.757. The van der Waals surface area contributed by atoms with Crippen LogP contribution in [0, 0.1) is 0 Å². The fourth-order valence-corrected chi connectivity index (χ4v) is 1.97. The summed E-state index contributed by atoms with van der Waals surface area (Å²) in [7, 11) is 0. The van der Waals surface area contributed by atoms with Gasteiger partial charge < -0.3 is 16.0 Å². The van der Waals surface area contributed by atoms with Gasteiger partial charge in [-0.3, -0.25) is 9.59 Å². The van der Waals surface area contributed by atoms with Gasteiger partial charge in [-0.15, -0.1) is 0 Å². The number of benzene rings is 1. The number of piperazine rings is 1. The number of carbonyl (C=O) groups is 2. The molecule has 1 atom stereocenters. The topological polar surface area (TPSA) is 70.2 Å². The zero-order valence-electron chi connectivity index (χ0n) is 9.70. The number of carbonyl (C=O) groups excluding carboxylic acids is 2. The maximum atomic E-state index is 11.8. The lowest BCUT2D eigenvalue weighted by atomic mass is 10.1. The summed E-state index contributed by atoms with van der Waals surface area (Å²) in [5, 5.41) is 8.97. The van der Waals surface area contributed by atoms with Crippen LogP contribution in [0.15, 0.2) is 24.3 Å². The minimum Gasteiger partial charge on any atom is -0.353 e. The SMILES string of the molecule is O=C(CC1NCCNC1=O)Nc1cccc(Cl)c1. The molecule has 1 fully saturated rings. The van der Waals surface area contributed by atoms with Crippen molar-refractivity contribution >= 4 is 29.1 Å². The van der Waals surface area contributed by atoms with Gasteiger partial charge >= 0.3 is 0 Å². The third kappa shape index (κ3) is 3.45. The Labute approximate surface area is 110 Å². The van der Waals surface area contributed by atoms with Crippen molar-refractivity contribution in [3.63, 3.8) is 0 Å². The van der Waals surface area contributed by atoms with E-state index in [2.05, 4.69) is 16.0 Å². The first-order valence-electron chi connectivity index (χ1n) is 5.71. The van der Waals surface area contributed by atoms with Gasteiger partial charge in [0.05, 0.1) is 12.5 Å². The maximum absolute atomic E-state index is 11.8. The fourth-order valence-electron chi connectivity index (χ4n) is 1.78. The quantitative estimate of drug-likeness (QED) is 0.757. The molecule has 1 aliphatic heterocycles. The van der Waals surface area contributed by atoms with E-state index in [0.717, 1.165) is 0 Å². The number of nitrogens with one attached hydrogen (secondary N) is 3. The molecule has 5 nitrogen and oxygen atoms in total. The highest BCUT2D eigenvalue weighted by atomic mass is 35.5. The van der Waals surface area contributed by atoms with Gasteiger partial charge in [-0.2, -0.15) is 0 Å². The van der Waals surface area contributed by atoms with Crippen molar-refractivity contribution in [3.8, 4) is 0 Å². The van der Waals surface area contributed by atoms with Gasteiger partial charge in [-0.05, 0) is 18.2 Å². The normalized spacial score (nSPS) is 19.2. The Kier molecular flexibility index (Phi) is 4.17. The van der Waals surface area contributed by atoms with Crippen LogP contribution in [0.2, 0.25) is 5.02 Å². The first-order valence-corrected chi connectivity index (χ1v) is 6.09. The summed E-state index contributed by atoms with van der Waals surface area (Å²) in [6.45, 7) is 1.28. The molecule has 2 amide bonds. The molecule has 1 heterocycles. The Hall–Kier alpha value is -1.59. The van der Waals surface area contributed by atoms with Crippen LogP contribution in [0.25, 0.3) is 0 Å². The van der Waals surface area contributed by atoms with Crippen LogP contribution in [-0.2, 0) is 9.59 Å². The van der Waals surface area contributed by atoms with Gasteiger partial charge in [0.25, 0.3) is 0 Å². The summed E-state index contributed by atoms with van der Waals surface area (Å²) in [4.78, 5) is 23.2. The average Bonchev–Trinajstić information content (AvgIpc) is 2.32. The third-order valence-electron chi connectivity index (χ3n) is 2.63. The first kappa shape index (κ1) is 12.9. The Balaban J connectivity index is 1.90. The molecular weight excluding hydrogens is 254 g/mol. The van der Waals surface area contributed by atoms with E-state index >= 15 is 0 Å². The summed E-state index contributed by atoms with van der Waals surface area (Å²) >= 11 is 5.82. The summed E-state index contributed by atoms with van der Waals surface area (Å²) in [6.07, 6.45) is 0.109. The van der Waals surface area contributed by atoms with E-state index < -0.39 is 6.04 Å². The highest BCUT2D eigenvalue weighted by molar-refractivity contribution is 6.30. The zero-order chi connectivity index (χ0) is 13.0. The molecule has 96 valence electrons. The highest BCUT2D eigenvalue weighted by Gasteiger charge is 2.23. The second kappa shape index (κ2) is 5.84. The van der Waals surface area contributed by atoms with Gasteiger partial charge in [-0.25, -0.2) is 0 Å². The van der Waals surface area contributed by atoms with Gasteiger partial charge in [-0.1, -0.05) is 17.7 Å². The standard InChI is InChI=1S/C12H14ClN3O2/c13-8-2-1-3-9(6-8)16-11(17)7-10-12(18)15-5-4-14-10/h1-3,6,10,14H,4-5,7H2,(H,15,18)(H,16,17). The molecule has 1 aromatic rings. The minimum absolute atomic E-state index is 0.109. The van der Waals surface area contributed by atoms with Crippen molar-refractivity contribution in [2.75, 3.05) is 18.4 Å². The first-order chi connectivity index (χ1) is 8.65. The van der Waals surface area contributed by atoms with Crippen LogP contribution in [0.1, 0.15) is 6.42 Å². The third-order valence-corrected chi connectivity index (χ3v) is 2.86. The lowest BCUT2D eigenvalue weighted by Gasteiger charge is -2.22. The van der Waals surface area contributed by atoms with Gasteiger partial charge in [0.15, 0.2) is 0 Å². The Morgan fingerprint density at radius 3 is 3.00 bits per heavy atom. The molecule has 1 saturated heterocycles. The summed E-state index contributed by atoms with van der Waals surface area (Å²) in [6, 6.07) is 6.43. The number of hydrogen-bond donors (Lipinski definition) is 3. The van der Waals surface area contributed by atoms with Gasteiger partial charge in [0, 0.05) is 23.8 Å². The van der Waals surface area contributed by atoms with E-state index in [0.29, 0.717) is 23.8 Å². The molecular formula is C12H14ClN3O2. The lowest BCUT2D eigenvalue weighted by Crippen LogP contribution is -2.53. The van der Waals surface area contributed by atoms with Crippen molar-refractivity contribution < 1.29 is 9.59 Å². The summed E-state index contributed by atoms with van der Waals surface area (Å²) < 4.78 is 0. The average molecular weight is 268 g/mol. The smallest absolute Gasteiger partial charge is 0.237 e. The lowest BCUT2D eigenvalue weighted by molar-refractivity contribution is -0.127. The molecule has 1 unspecified atom stereocenters. The van der Waals surface area contributed by atoms with Crippen LogP contribution in [0.4, 0.5) is 5.69 Å². The fraction of sp³-hybridized carbons (Fsp3) is 0.333. The summed E-state index contributed by atoms with van der Waals surface area (Å²) in [5.41, 5.74) is 0.628. The summed E-state index contributed by atoms with van der Waals surface area (Å²) in [5.74, 6) is -0.352. The Morgan fingerprint density at radius 1 is 1.44 bits per heavy atom. The molecule has 0 radical (unpaired) electrons. The predicted molar refractivity (Wildman–Crippen MR) is 69.5 cm³/mol. The van der Waals surface area contributed by atoms with Crippen molar-refractivity contribution in [2.45, 2.75) is 12.5 Å². The van der Waals surface area contributed by atoms with E-state index in [1.54, 1.807) is 24.3 Å². The van der Waals surface area contributed by atoms with E-state index in [4.69, 9.17) is 11.6 Å². The Bertz CT molecular complexity index is 464. The number of amides is 2. The number of rotatable bonds is 3. The number of hydrogen-bond acceptors (Lipinski definition) is 3. The second-order valence-electron chi connectivity index (χ2n) is 4.06. The largest absolute Gasteiger partial charge is 0.353 e. The zero-order valence-corrected chi connectivity index (χ0v) is 10.5. The molecule has 0 spiro atoms. The van der Waals surface area contributed by atoms with Crippen molar-refractivity contribution in [2.24, 2.45) is 0 Å². The van der Waals surface area contributed by atoms with Crippen molar-refractivity contribution in [3.05, 3.63) is 29.3 Å². The van der Waals surface area contributed by atoms with Crippen LogP contribution < -0.4 is 16.0 Å².